The summed E-state index contributed by atoms with van der Waals surface area (Å²) < 4.78 is 5.50. The van der Waals surface area contributed by atoms with Crippen LogP contribution in [0.5, 0.6) is 5.75 Å². The van der Waals surface area contributed by atoms with E-state index in [1.165, 1.54) is 0 Å². The predicted molar refractivity (Wildman–Crippen MR) is 70.5 cm³/mol. The molecular formula is C14H21NO3. The molecule has 2 N–H and O–H groups in total. The van der Waals surface area contributed by atoms with E-state index < -0.39 is 12.2 Å². The predicted octanol–water partition coefficient (Wildman–Crippen LogP) is 2.03. The Bertz CT molecular complexity index is 375. The summed E-state index contributed by atoms with van der Waals surface area (Å²) in [6.45, 7) is 6.09. The Morgan fingerprint density at radius 3 is 2.44 bits per heavy atom. The standard InChI is InChI=1S/C14H21NO3/c1-4-13(16)11-6-8-12(9-7-11)18-10(3)14(17)15-5-2/h6-10,13,16H,4-5H2,1-3H3,(H,15,17). The summed E-state index contributed by atoms with van der Waals surface area (Å²) >= 11 is 0. The minimum atomic E-state index is -0.521. The van der Waals surface area contributed by atoms with Gasteiger partial charge in [0, 0.05) is 6.54 Å². The average molecular weight is 251 g/mol. The SMILES string of the molecule is CCNC(=O)C(C)Oc1ccc(C(O)CC)cc1. The van der Waals surface area contributed by atoms with Crippen LogP contribution < -0.4 is 10.1 Å². The van der Waals surface area contributed by atoms with Crippen LogP contribution in [-0.4, -0.2) is 23.7 Å². The molecule has 2 unspecified atom stereocenters. The molecule has 0 aliphatic heterocycles. The van der Waals surface area contributed by atoms with Crippen molar-refractivity contribution in [1.29, 1.82) is 0 Å². The van der Waals surface area contributed by atoms with E-state index in [1.807, 2.05) is 26.0 Å². The summed E-state index contributed by atoms with van der Waals surface area (Å²) in [6.07, 6.45) is -0.290. The second-order valence-corrected chi connectivity index (χ2v) is 4.15. The molecule has 0 aliphatic carbocycles. The molecule has 0 heterocycles. The van der Waals surface area contributed by atoms with Crippen LogP contribution in [0, 0.1) is 0 Å². The molecular weight excluding hydrogens is 230 g/mol. The van der Waals surface area contributed by atoms with Crippen molar-refractivity contribution in [1.82, 2.24) is 5.32 Å². The molecule has 4 nitrogen and oxygen atoms in total. The number of carbonyl (C=O) groups is 1. The molecule has 1 aromatic carbocycles. The summed E-state index contributed by atoms with van der Waals surface area (Å²) in [5.41, 5.74) is 0.857. The fraction of sp³-hybridized carbons (Fsp3) is 0.500. The number of likely N-dealkylation sites (N-methyl/N-ethyl adjacent to an activating group) is 1. The first-order chi connectivity index (χ1) is 8.58. The molecule has 100 valence electrons. The molecule has 1 amide bonds. The fourth-order valence-electron chi connectivity index (χ4n) is 1.58. The number of carbonyl (C=O) groups excluding carboxylic acids is 1. The van der Waals surface area contributed by atoms with Gasteiger partial charge in [-0.1, -0.05) is 19.1 Å². The van der Waals surface area contributed by atoms with Gasteiger partial charge >= 0.3 is 0 Å². The van der Waals surface area contributed by atoms with Gasteiger partial charge in [0.15, 0.2) is 6.10 Å². The Morgan fingerprint density at radius 2 is 1.94 bits per heavy atom. The highest BCUT2D eigenvalue weighted by Gasteiger charge is 2.13. The van der Waals surface area contributed by atoms with E-state index in [9.17, 15) is 9.90 Å². The maximum Gasteiger partial charge on any atom is 0.260 e. The van der Waals surface area contributed by atoms with Crippen molar-refractivity contribution in [2.75, 3.05) is 6.54 Å². The third-order valence-corrected chi connectivity index (χ3v) is 2.68. The van der Waals surface area contributed by atoms with Crippen LogP contribution in [0.2, 0.25) is 0 Å². The minimum absolute atomic E-state index is 0.129. The van der Waals surface area contributed by atoms with Crippen LogP contribution in [0.3, 0.4) is 0 Å². The maximum atomic E-state index is 11.5. The third-order valence-electron chi connectivity index (χ3n) is 2.68. The third kappa shape index (κ3) is 4.04. The van der Waals surface area contributed by atoms with E-state index in [0.717, 1.165) is 5.56 Å². The molecule has 0 aliphatic rings. The highest BCUT2D eigenvalue weighted by molar-refractivity contribution is 5.80. The minimum Gasteiger partial charge on any atom is -0.481 e. The number of ether oxygens (including phenoxy) is 1. The molecule has 0 spiro atoms. The Labute approximate surface area is 108 Å². The smallest absolute Gasteiger partial charge is 0.260 e. The first-order valence-electron chi connectivity index (χ1n) is 6.30. The number of aliphatic hydroxyl groups excluding tert-OH is 1. The van der Waals surface area contributed by atoms with Gasteiger partial charge in [-0.3, -0.25) is 4.79 Å². The van der Waals surface area contributed by atoms with Crippen molar-refractivity contribution in [2.24, 2.45) is 0 Å². The molecule has 0 fully saturated rings. The van der Waals surface area contributed by atoms with E-state index in [0.29, 0.717) is 18.7 Å². The lowest BCUT2D eigenvalue weighted by Gasteiger charge is -2.15. The molecule has 18 heavy (non-hydrogen) atoms. The molecule has 0 saturated heterocycles. The number of hydrogen-bond acceptors (Lipinski definition) is 3. The fourth-order valence-corrected chi connectivity index (χ4v) is 1.58. The van der Waals surface area contributed by atoms with Crippen molar-refractivity contribution in [3.05, 3.63) is 29.8 Å². The number of benzene rings is 1. The molecule has 0 aromatic heterocycles. The van der Waals surface area contributed by atoms with Gasteiger partial charge in [-0.2, -0.15) is 0 Å². The number of hydrogen-bond donors (Lipinski definition) is 2. The first-order valence-corrected chi connectivity index (χ1v) is 6.30. The van der Waals surface area contributed by atoms with Crippen LogP contribution in [0.25, 0.3) is 0 Å². The summed E-state index contributed by atoms with van der Waals surface area (Å²) in [6, 6.07) is 7.16. The summed E-state index contributed by atoms with van der Waals surface area (Å²) in [4.78, 5) is 11.5. The zero-order valence-electron chi connectivity index (χ0n) is 11.1. The number of rotatable bonds is 6. The van der Waals surface area contributed by atoms with Gasteiger partial charge in [-0.05, 0) is 38.0 Å². The molecule has 0 radical (unpaired) electrons. The number of aliphatic hydroxyl groups is 1. The van der Waals surface area contributed by atoms with Crippen LogP contribution >= 0.6 is 0 Å². The second-order valence-electron chi connectivity index (χ2n) is 4.15. The van der Waals surface area contributed by atoms with E-state index >= 15 is 0 Å². The maximum absolute atomic E-state index is 11.5. The Balaban J connectivity index is 2.60. The Hall–Kier alpha value is -1.55. The topological polar surface area (TPSA) is 58.6 Å². The van der Waals surface area contributed by atoms with E-state index in [1.54, 1.807) is 19.1 Å². The van der Waals surface area contributed by atoms with Gasteiger partial charge in [-0.25, -0.2) is 0 Å². The van der Waals surface area contributed by atoms with Crippen molar-refractivity contribution < 1.29 is 14.6 Å². The van der Waals surface area contributed by atoms with Crippen molar-refractivity contribution in [2.45, 2.75) is 39.4 Å². The largest absolute Gasteiger partial charge is 0.481 e. The molecule has 0 saturated carbocycles. The molecule has 1 aromatic rings. The van der Waals surface area contributed by atoms with Crippen LogP contribution in [-0.2, 0) is 4.79 Å². The summed E-state index contributed by atoms with van der Waals surface area (Å²) in [7, 11) is 0. The van der Waals surface area contributed by atoms with Gasteiger partial charge in [0.25, 0.3) is 5.91 Å². The zero-order valence-corrected chi connectivity index (χ0v) is 11.1. The first kappa shape index (κ1) is 14.5. The van der Waals surface area contributed by atoms with Gasteiger partial charge in [0.1, 0.15) is 5.75 Å². The van der Waals surface area contributed by atoms with E-state index in [2.05, 4.69) is 5.32 Å². The van der Waals surface area contributed by atoms with Crippen LogP contribution in [0.15, 0.2) is 24.3 Å². The zero-order chi connectivity index (χ0) is 13.5. The van der Waals surface area contributed by atoms with Crippen molar-refractivity contribution in [3.63, 3.8) is 0 Å². The second kappa shape index (κ2) is 7.01. The van der Waals surface area contributed by atoms with Gasteiger partial charge in [-0.15, -0.1) is 0 Å². The van der Waals surface area contributed by atoms with E-state index in [-0.39, 0.29) is 5.91 Å². The lowest BCUT2D eigenvalue weighted by molar-refractivity contribution is -0.127. The average Bonchev–Trinajstić information content (AvgIpc) is 2.39. The van der Waals surface area contributed by atoms with E-state index in [4.69, 9.17) is 4.74 Å². The van der Waals surface area contributed by atoms with Crippen LogP contribution in [0.4, 0.5) is 0 Å². The normalized spacial score (nSPS) is 13.8. The molecule has 4 heteroatoms. The van der Waals surface area contributed by atoms with Crippen LogP contribution in [0.1, 0.15) is 38.9 Å². The summed E-state index contributed by atoms with van der Waals surface area (Å²) in [5, 5.41) is 12.4. The highest BCUT2D eigenvalue weighted by atomic mass is 16.5. The monoisotopic (exact) mass is 251 g/mol. The molecule has 2 atom stereocenters. The van der Waals surface area contributed by atoms with Gasteiger partial charge in [0.2, 0.25) is 0 Å². The lowest BCUT2D eigenvalue weighted by Crippen LogP contribution is -2.36. The number of nitrogens with one attached hydrogen (secondary N) is 1. The summed E-state index contributed by atoms with van der Waals surface area (Å²) in [5.74, 6) is 0.496. The lowest BCUT2D eigenvalue weighted by atomic mass is 10.1. The van der Waals surface area contributed by atoms with Crippen molar-refractivity contribution >= 4 is 5.91 Å². The quantitative estimate of drug-likeness (QED) is 0.813. The molecule has 0 bridgehead atoms. The highest BCUT2D eigenvalue weighted by Crippen LogP contribution is 2.20. The van der Waals surface area contributed by atoms with Crippen molar-refractivity contribution in [3.8, 4) is 5.75 Å². The van der Waals surface area contributed by atoms with Gasteiger partial charge in [0.05, 0.1) is 6.10 Å². The number of amides is 1. The molecule has 1 rings (SSSR count). The van der Waals surface area contributed by atoms with Gasteiger partial charge < -0.3 is 15.2 Å². The Kier molecular flexibility index (Phi) is 5.65. The Morgan fingerprint density at radius 1 is 1.33 bits per heavy atom.